The average Bonchev–Trinajstić information content (AvgIpc) is 3.51. The van der Waals surface area contributed by atoms with Gasteiger partial charge in [0.2, 0.25) is 18.7 Å². The highest BCUT2D eigenvalue weighted by atomic mass is 16.7. The largest absolute Gasteiger partial charge is 0.381 e. The summed E-state index contributed by atoms with van der Waals surface area (Å²) in [6, 6.07) is 1.71. The summed E-state index contributed by atoms with van der Waals surface area (Å²) in [6.45, 7) is 15.5. The number of carbonyl (C=O) groups excluding carboxylic acids is 2. The lowest BCUT2D eigenvalue weighted by Gasteiger charge is -2.28. The Morgan fingerprint density at radius 1 is 1.18 bits per heavy atom. The van der Waals surface area contributed by atoms with Crippen LogP contribution in [0.15, 0.2) is 10.6 Å². The zero-order valence-corrected chi connectivity index (χ0v) is 22.1. The molecule has 0 radical (unpaired) electrons. The van der Waals surface area contributed by atoms with E-state index >= 15 is 0 Å². The van der Waals surface area contributed by atoms with Crippen LogP contribution in [0.5, 0.6) is 0 Å². The van der Waals surface area contributed by atoms with Gasteiger partial charge in [-0.25, -0.2) is 0 Å². The summed E-state index contributed by atoms with van der Waals surface area (Å²) >= 11 is 0. The van der Waals surface area contributed by atoms with Crippen LogP contribution >= 0.6 is 0 Å². The molecular formula is C25H45N3O6. The van der Waals surface area contributed by atoms with Gasteiger partial charge in [-0.05, 0) is 52.4 Å². The predicted octanol–water partition coefficient (Wildman–Crippen LogP) is 4.37. The first-order chi connectivity index (χ1) is 16.0. The van der Waals surface area contributed by atoms with Crippen LogP contribution in [0.3, 0.4) is 0 Å². The molecule has 0 spiro atoms. The summed E-state index contributed by atoms with van der Waals surface area (Å²) in [5.74, 6) is 1.21. The molecule has 9 heteroatoms. The van der Waals surface area contributed by atoms with E-state index < -0.39 is 0 Å². The molecule has 3 rings (SSSR count). The van der Waals surface area contributed by atoms with Crippen molar-refractivity contribution in [1.82, 2.24) is 10.1 Å². The fraction of sp³-hybridized carbons (Fsp3) is 0.800. The van der Waals surface area contributed by atoms with E-state index in [1.54, 1.807) is 18.0 Å². The molecule has 2 aliphatic heterocycles. The van der Waals surface area contributed by atoms with E-state index in [4.69, 9.17) is 18.7 Å². The van der Waals surface area contributed by atoms with E-state index in [0.29, 0.717) is 18.9 Å². The maximum atomic E-state index is 10.3. The minimum absolute atomic E-state index is 0.0260. The van der Waals surface area contributed by atoms with E-state index in [9.17, 15) is 9.59 Å². The molecule has 9 nitrogen and oxygen atoms in total. The lowest BCUT2D eigenvalue weighted by Crippen LogP contribution is -2.36. The van der Waals surface area contributed by atoms with Gasteiger partial charge in [0.15, 0.2) is 6.29 Å². The predicted molar refractivity (Wildman–Crippen MR) is 132 cm³/mol. The van der Waals surface area contributed by atoms with Crippen LogP contribution in [0.25, 0.3) is 0 Å². The maximum absolute atomic E-state index is 10.3. The summed E-state index contributed by atoms with van der Waals surface area (Å²) in [7, 11) is 1.77. The Balaban J connectivity index is 0.000000317. The number of amides is 2. The molecule has 1 unspecified atom stereocenters. The quantitative estimate of drug-likeness (QED) is 0.548. The molecule has 1 aromatic heterocycles. The van der Waals surface area contributed by atoms with Crippen LogP contribution in [0, 0.1) is 5.92 Å². The summed E-state index contributed by atoms with van der Waals surface area (Å²) in [6.07, 6.45) is 7.04. The number of aromatic nitrogens is 1. The maximum Gasteiger partial charge on any atom is 0.231 e. The molecule has 2 amide bonds. The topological polar surface area (TPSA) is 103 Å². The fourth-order valence-electron chi connectivity index (χ4n) is 3.00. The Labute approximate surface area is 204 Å². The molecule has 2 fully saturated rings. The van der Waals surface area contributed by atoms with Crippen LogP contribution in [0.2, 0.25) is 0 Å². The van der Waals surface area contributed by atoms with Crippen LogP contribution < -0.4 is 5.32 Å². The van der Waals surface area contributed by atoms with E-state index in [-0.39, 0.29) is 17.2 Å². The van der Waals surface area contributed by atoms with Gasteiger partial charge in [-0.2, -0.15) is 0 Å². The van der Waals surface area contributed by atoms with Crippen molar-refractivity contribution in [2.45, 2.75) is 90.9 Å². The second-order valence-corrected chi connectivity index (χ2v) is 10.4. The second kappa shape index (κ2) is 15.1. The lowest BCUT2D eigenvalue weighted by molar-refractivity contribution is -0.170. The number of rotatable bonds is 8. The van der Waals surface area contributed by atoms with Crippen LogP contribution in [-0.2, 0) is 29.2 Å². The third kappa shape index (κ3) is 11.4. The molecule has 2 atom stereocenters. The first-order valence-corrected chi connectivity index (χ1v) is 12.2. The molecule has 3 heterocycles. The standard InChI is InChI=1S/C13H20N2O4.C6H13NO.C6H12O/c1-13(2,8-18-12-5-3-4-6-17-12)10-7-11(14-9-16)19-15-10;1-6(2,3)7(4)5-8;1-2-6-3-4-7-5-6/h7,9,12H,3-6,8H2,1-2H3,(H,14,16);5H,1-4H3;6H,2-5H2,1H3/t;;6-/m..0/s1. The molecule has 1 aromatic rings. The summed E-state index contributed by atoms with van der Waals surface area (Å²) < 4.78 is 21.5. The van der Waals surface area contributed by atoms with E-state index in [2.05, 4.69) is 17.4 Å². The third-order valence-corrected chi connectivity index (χ3v) is 5.99. The number of nitrogens with zero attached hydrogens (tertiary/aromatic N) is 2. The van der Waals surface area contributed by atoms with Crippen molar-refractivity contribution in [3.05, 3.63) is 11.8 Å². The Hall–Kier alpha value is -1.97. The average molecular weight is 484 g/mol. The molecule has 34 heavy (non-hydrogen) atoms. The first kappa shape index (κ1) is 30.1. The van der Waals surface area contributed by atoms with Crippen LogP contribution in [0.1, 0.15) is 79.3 Å². The highest BCUT2D eigenvalue weighted by molar-refractivity contribution is 5.67. The lowest BCUT2D eigenvalue weighted by atomic mass is 9.90. The van der Waals surface area contributed by atoms with Crippen LogP contribution in [0.4, 0.5) is 5.88 Å². The molecule has 2 aliphatic rings. The number of carbonyl (C=O) groups is 2. The third-order valence-electron chi connectivity index (χ3n) is 5.99. The Bertz CT molecular complexity index is 689. The zero-order chi connectivity index (χ0) is 25.6. The number of nitrogens with one attached hydrogen (secondary N) is 1. The van der Waals surface area contributed by atoms with Crippen molar-refractivity contribution in [2.24, 2.45) is 5.92 Å². The minimum atomic E-state index is -0.298. The summed E-state index contributed by atoms with van der Waals surface area (Å²) in [5, 5.41) is 6.38. The first-order valence-electron chi connectivity index (χ1n) is 12.2. The van der Waals surface area contributed by atoms with Crippen LogP contribution in [-0.4, -0.2) is 68.2 Å². The summed E-state index contributed by atoms with van der Waals surface area (Å²) in [5.41, 5.74) is 0.419. The van der Waals surface area contributed by atoms with Gasteiger partial charge >= 0.3 is 0 Å². The molecule has 0 bridgehead atoms. The van der Waals surface area contributed by atoms with Crippen molar-refractivity contribution >= 4 is 18.7 Å². The molecule has 196 valence electrons. The van der Waals surface area contributed by atoms with Crippen molar-refractivity contribution in [1.29, 1.82) is 0 Å². The monoisotopic (exact) mass is 483 g/mol. The normalized spacial score (nSPS) is 20.3. The molecular weight excluding hydrogens is 438 g/mol. The Morgan fingerprint density at radius 2 is 1.91 bits per heavy atom. The molecule has 0 saturated carbocycles. The van der Waals surface area contributed by atoms with Gasteiger partial charge in [0.1, 0.15) is 0 Å². The van der Waals surface area contributed by atoms with E-state index in [1.165, 1.54) is 12.8 Å². The highest BCUT2D eigenvalue weighted by Gasteiger charge is 2.27. The highest BCUT2D eigenvalue weighted by Crippen LogP contribution is 2.26. The van der Waals surface area contributed by atoms with Gasteiger partial charge in [0, 0.05) is 43.9 Å². The smallest absolute Gasteiger partial charge is 0.231 e. The zero-order valence-electron chi connectivity index (χ0n) is 22.1. The molecule has 2 saturated heterocycles. The Kier molecular flexibility index (Phi) is 13.4. The van der Waals surface area contributed by atoms with Crippen molar-refractivity contribution < 1.29 is 28.3 Å². The summed E-state index contributed by atoms with van der Waals surface area (Å²) in [4.78, 5) is 22.0. The molecule has 1 N–H and O–H groups in total. The van der Waals surface area contributed by atoms with Crippen molar-refractivity contribution in [3.63, 3.8) is 0 Å². The number of anilines is 1. The number of ether oxygens (including phenoxy) is 3. The molecule has 0 aliphatic carbocycles. The van der Waals surface area contributed by atoms with Gasteiger partial charge in [-0.1, -0.05) is 32.3 Å². The minimum Gasteiger partial charge on any atom is -0.381 e. The Morgan fingerprint density at radius 3 is 2.35 bits per heavy atom. The SMILES string of the molecule is CC(C)(COC1CCCCO1)c1cc(NC=O)on1.CC[C@H]1CCOC1.CN(C=O)C(C)(C)C. The number of hydrogen-bond donors (Lipinski definition) is 1. The van der Waals surface area contributed by atoms with Crippen molar-refractivity contribution in [3.8, 4) is 0 Å². The van der Waals surface area contributed by atoms with Gasteiger partial charge < -0.3 is 23.6 Å². The van der Waals surface area contributed by atoms with Crippen molar-refractivity contribution in [2.75, 3.05) is 38.8 Å². The van der Waals surface area contributed by atoms with Gasteiger partial charge in [0.25, 0.3) is 0 Å². The van der Waals surface area contributed by atoms with E-state index in [0.717, 1.165) is 57.1 Å². The second-order valence-electron chi connectivity index (χ2n) is 10.4. The number of hydrogen-bond acceptors (Lipinski definition) is 7. The van der Waals surface area contributed by atoms with Gasteiger partial charge in [-0.15, -0.1) is 0 Å². The molecule has 0 aromatic carbocycles. The van der Waals surface area contributed by atoms with E-state index in [1.807, 2.05) is 34.6 Å². The fourth-order valence-corrected chi connectivity index (χ4v) is 3.00. The van der Waals surface area contributed by atoms with Gasteiger partial charge in [-0.3, -0.25) is 14.9 Å². The van der Waals surface area contributed by atoms with Gasteiger partial charge in [0.05, 0.1) is 12.3 Å².